The van der Waals surface area contributed by atoms with E-state index in [0.717, 1.165) is 0 Å². The highest BCUT2D eigenvalue weighted by atomic mass is 16.7. The van der Waals surface area contributed by atoms with Gasteiger partial charge in [0.2, 0.25) is 0 Å². The molecule has 1 aliphatic heterocycles. The quantitative estimate of drug-likeness (QED) is 0.297. The van der Waals surface area contributed by atoms with Gasteiger partial charge in [0.1, 0.15) is 36.8 Å². The molecular formula is C14H21N7O4. The fraction of sp³-hybridized carbons (Fsp3) is 0.571. The standard InChI is InChI=1S/C14H21N7O4/c1-7(2)3-19-20-24-4-8-10(22)11(23)14(25-8)21-6-18-9-12(15)16-5-17-13(9)21/h3,5-8,10-11,14,20,22-23H,4H2,1-2H3,(H2,15,16,17)/b19-3+/t8-,10-,11-,14-/m1/s1. The fourth-order valence-electron chi connectivity index (χ4n) is 2.49. The number of aliphatic hydroxyl groups excluding tert-OH is 2. The summed E-state index contributed by atoms with van der Waals surface area (Å²) in [5.41, 5.74) is 8.97. The number of nitrogens with two attached hydrogens (primary N) is 1. The summed E-state index contributed by atoms with van der Waals surface area (Å²) in [6, 6.07) is 0. The summed E-state index contributed by atoms with van der Waals surface area (Å²) in [5.74, 6) is 0.503. The lowest BCUT2D eigenvalue weighted by Crippen LogP contribution is -2.34. The molecule has 0 aliphatic carbocycles. The summed E-state index contributed by atoms with van der Waals surface area (Å²) in [6.45, 7) is 3.94. The molecule has 1 fully saturated rings. The first-order valence-corrected chi connectivity index (χ1v) is 7.83. The third-order valence-corrected chi connectivity index (χ3v) is 3.74. The van der Waals surface area contributed by atoms with Crippen molar-refractivity contribution in [1.82, 2.24) is 25.1 Å². The number of hydrazone groups is 1. The predicted molar refractivity (Wildman–Crippen MR) is 88.1 cm³/mol. The zero-order valence-electron chi connectivity index (χ0n) is 13.9. The molecule has 2 aromatic heterocycles. The molecule has 0 aromatic carbocycles. The minimum Gasteiger partial charge on any atom is -0.387 e. The van der Waals surface area contributed by atoms with E-state index < -0.39 is 24.5 Å². The molecule has 3 heterocycles. The largest absolute Gasteiger partial charge is 0.387 e. The average molecular weight is 351 g/mol. The molecule has 0 bridgehead atoms. The van der Waals surface area contributed by atoms with Gasteiger partial charge in [-0.1, -0.05) is 13.8 Å². The average Bonchev–Trinajstić information content (AvgIpc) is 3.11. The molecule has 11 heteroatoms. The Kier molecular flexibility index (Phi) is 5.08. The zero-order chi connectivity index (χ0) is 18.0. The molecule has 0 unspecified atom stereocenters. The van der Waals surface area contributed by atoms with Gasteiger partial charge in [-0.2, -0.15) is 10.7 Å². The van der Waals surface area contributed by atoms with Crippen LogP contribution in [0.15, 0.2) is 17.8 Å². The van der Waals surface area contributed by atoms with Crippen LogP contribution < -0.4 is 11.3 Å². The van der Waals surface area contributed by atoms with Crippen LogP contribution in [0, 0.1) is 5.92 Å². The Bertz CT molecular complexity index is 750. The fourth-order valence-corrected chi connectivity index (χ4v) is 2.49. The number of ether oxygens (including phenoxy) is 1. The highest BCUT2D eigenvalue weighted by molar-refractivity contribution is 5.81. The second kappa shape index (κ2) is 7.27. The third-order valence-electron chi connectivity index (χ3n) is 3.74. The maximum absolute atomic E-state index is 10.3. The van der Waals surface area contributed by atoms with Crippen molar-refractivity contribution in [2.45, 2.75) is 38.4 Å². The molecule has 2 aromatic rings. The Morgan fingerprint density at radius 3 is 2.96 bits per heavy atom. The van der Waals surface area contributed by atoms with E-state index in [1.807, 2.05) is 13.8 Å². The molecule has 0 radical (unpaired) electrons. The monoisotopic (exact) mass is 351 g/mol. The van der Waals surface area contributed by atoms with E-state index in [0.29, 0.717) is 11.2 Å². The van der Waals surface area contributed by atoms with Gasteiger partial charge in [-0.05, 0) is 5.92 Å². The zero-order valence-corrected chi connectivity index (χ0v) is 13.9. The summed E-state index contributed by atoms with van der Waals surface area (Å²) in [6.07, 6.45) is 0.459. The van der Waals surface area contributed by atoms with E-state index in [-0.39, 0.29) is 18.3 Å². The van der Waals surface area contributed by atoms with E-state index in [1.165, 1.54) is 17.2 Å². The van der Waals surface area contributed by atoms with Crippen molar-refractivity contribution in [3.05, 3.63) is 12.7 Å². The number of aliphatic hydroxyl groups is 2. The maximum atomic E-state index is 10.3. The number of aromatic nitrogens is 4. The molecule has 136 valence electrons. The lowest BCUT2D eigenvalue weighted by atomic mass is 10.1. The van der Waals surface area contributed by atoms with Crippen LogP contribution in [0.2, 0.25) is 0 Å². The molecule has 25 heavy (non-hydrogen) atoms. The molecule has 1 saturated heterocycles. The molecule has 11 nitrogen and oxygen atoms in total. The molecule has 4 atom stereocenters. The van der Waals surface area contributed by atoms with Crippen molar-refractivity contribution in [3.8, 4) is 0 Å². The van der Waals surface area contributed by atoms with Crippen molar-refractivity contribution in [1.29, 1.82) is 0 Å². The van der Waals surface area contributed by atoms with Crippen LogP contribution in [0.25, 0.3) is 11.2 Å². The van der Waals surface area contributed by atoms with Crippen molar-refractivity contribution in [3.63, 3.8) is 0 Å². The van der Waals surface area contributed by atoms with Gasteiger partial charge < -0.3 is 20.7 Å². The Morgan fingerprint density at radius 1 is 1.40 bits per heavy atom. The van der Waals surface area contributed by atoms with Gasteiger partial charge in [0.25, 0.3) is 0 Å². The first kappa shape index (κ1) is 17.5. The SMILES string of the molecule is CC(C)/C=N/NOC[C@H]1O[C@@H](n2cnc3c(N)ncnc32)[C@H](O)[C@@H]1O. The summed E-state index contributed by atoms with van der Waals surface area (Å²) >= 11 is 0. The van der Waals surface area contributed by atoms with E-state index >= 15 is 0 Å². The number of nitrogen functional groups attached to an aromatic ring is 1. The number of hydrogen-bond donors (Lipinski definition) is 4. The van der Waals surface area contributed by atoms with Crippen LogP contribution >= 0.6 is 0 Å². The van der Waals surface area contributed by atoms with Crippen LogP contribution in [0.4, 0.5) is 5.82 Å². The van der Waals surface area contributed by atoms with Crippen LogP contribution in [0.5, 0.6) is 0 Å². The Balaban J connectivity index is 1.68. The summed E-state index contributed by atoms with van der Waals surface area (Å²) in [5, 5.41) is 24.3. The molecule has 5 N–H and O–H groups in total. The van der Waals surface area contributed by atoms with Gasteiger partial charge >= 0.3 is 0 Å². The van der Waals surface area contributed by atoms with Gasteiger partial charge in [0.05, 0.1) is 6.33 Å². The topological polar surface area (TPSA) is 153 Å². The third kappa shape index (κ3) is 3.54. The minimum atomic E-state index is -1.18. The van der Waals surface area contributed by atoms with Crippen LogP contribution in [-0.2, 0) is 9.57 Å². The van der Waals surface area contributed by atoms with Gasteiger partial charge in [-0.15, -0.1) is 0 Å². The number of rotatable bonds is 6. The van der Waals surface area contributed by atoms with E-state index in [9.17, 15) is 10.2 Å². The molecule has 0 saturated carbocycles. The van der Waals surface area contributed by atoms with Crippen molar-refractivity contribution in [2.75, 3.05) is 12.3 Å². The lowest BCUT2D eigenvalue weighted by molar-refractivity contribution is -0.0856. The molecular weight excluding hydrogens is 330 g/mol. The molecule has 3 rings (SSSR count). The van der Waals surface area contributed by atoms with E-state index in [4.69, 9.17) is 15.3 Å². The van der Waals surface area contributed by atoms with Crippen LogP contribution in [-0.4, -0.2) is 60.9 Å². The summed E-state index contributed by atoms with van der Waals surface area (Å²) in [4.78, 5) is 17.2. The highest BCUT2D eigenvalue weighted by Crippen LogP contribution is 2.31. The number of nitrogens with zero attached hydrogens (tertiary/aromatic N) is 5. The van der Waals surface area contributed by atoms with Crippen molar-refractivity contribution < 1.29 is 19.8 Å². The van der Waals surface area contributed by atoms with E-state index in [1.54, 1.807) is 6.21 Å². The highest BCUT2D eigenvalue weighted by Gasteiger charge is 2.44. The second-order valence-electron chi connectivity index (χ2n) is 6.05. The van der Waals surface area contributed by atoms with Gasteiger partial charge in [-0.3, -0.25) is 9.40 Å². The van der Waals surface area contributed by atoms with Crippen molar-refractivity contribution in [2.24, 2.45) is 11.0 Å². The molecule has 1 aliphatic rings. The smallest absolute Gasteiger partial charge is 0.167 e. The van der Waals surface area contributed by atoms with Crippen LogP contribution in [0.3, 0.4) is 0 Å². The first-order chi connectivity index (χ1) is 12.0. The first-order valence-electron chi connectivity index (χ1n) is 7.83. The number of hydrogen-bond acceptors (Lipinski definition) is 10. The summed E-state index contributed by atoms with van der Waals surface area (Å²) in [7, 11) is 0. The number of imidazole rings is 1. The molecule has 0 amide bonds. The van der Waals surface area contributed by atoms with Gasteiger partial charge in [0, 0.05) is 6.21 Å². The van der Waals surface area contributed by atoms with Crippen LogP contribution in [0.1, 0.15) is 20.1 Å². The Labute approximate surface area is 143 Å². The Hall–Kier alpha value is -2.34. The normalized spacial score (nSPS) is 26.9. The summed E-state index contributed by atoms with van der Waals surface area (Å²) < 4.78 is 7.22. The van der Waals surface area contributed by atoms with E-state index in [2.05, 4.69) is 25.6 Å². The van der Waals surface area contributed by atoms with Crippen molar-refractivity contribution >= 4 is 23.2 Å². The van der Waals surface area contributed by atoms with Gasteiger partial charge in [0.15, 0.2) is 17.7 Å². The maximum Gasteiger partial charge on any atom is 0.167 e. The molecule has 0 spiro atoms. The Morgan fingerprint density at radius 2 is 2.20 bits per heavy atom. The number of fused-ring (bicyclic) bond motifs is 1. The van der Waals surface area contributed by atoms with Gasteiger partial charge in [-0.25, -0.2) is 15.0 Å². The lowest BCUT2D eigenvalue weighted by Gasteiger charge is -2.16. The predicted octanol–water partition coefficient (Wildman–Crippen LogP) is -0.809. The second-order valence-corrected chi connectivity index (χ2v) is 6.05. The number of anilines is 1. The number of nitrogens with one attached hydrogen (secondary N) is 1. The minimum absolute atomic E-state index is 0.00604.